The molecule has 1 aliphatic heterocycles. The lowest BCUT2D eigenvalue weighted by atomic mass is 9.86. The number of carboxylic acid groups (broad SMARTS) is 1. The lowest BCUT2D eigenvalue weighted by Crippen LogP contribution is -2.42. The number of rotatable bonds is 3. The summed E-state index contributed by atoms with van der Waals surface area (Å²) in [6.07, 6.45) is -11.1. The Balaban J connectivity index is 2.08. The topological polar surface area (TPSA) is 58.9 Å². The van der Waals surface area contributed by atoms with Crippen LogP contribution < -0.4 is 0 Å². The molecule has 0 saturated heterocycles. The number of carbonyl (C=O) groups is 1. The molecular weight excluding hydrogens is 463 g/mol. The summed E-state index contributed by atoms with van der Waals surface area (Å²) in [6.45, 7) is 0. The number of carboxylic acids is 1. The van der Waals surface area contributed by atoms with E-state index in [4.69, 9.17) is 33.1 Å². The summed E-state index contributed by atoms with van der Waals surface area (Å²) in [4.78, 5) is 15.8. The summed E-state index contributed by atoms with van der Waals surface area (Å²) >= 11 is 11.6. The van der Waals surface area contributed by atoms with Gasteiger partial charge in [0, 0.05) is 27.6 Å². The first kappa shape index (κ1) is 22.2. The summed E-state index contributed by atoms with van der Waals surface area (Å²) < 4.78 is 81.5. The van der Waals surface area contributed by atoms with Gasteiger partial charge in [-0.1, -0.05) is 34.4 Å². The highest BCUT2D eigenvalue weighted by atomic mass is 35.5. The van der Waals surface area contributed by atoms with Crippen molar-refractivity contribution in [2.45, 2.75) is 24.4 Å². The van der Waals surface area contributed by atoms with E-state index in [2.05, 4.69) is 5.16 Å². The zero-order valence-corrected chi connectivity index (χ0v) is 15.9. The van der Waals surface area contributed by atoms with E-state index in [0.717, 1.165) is 18.2 Å². The van der Waals surface area contributed by atoms with Crippen LogP contribution in [0, 0.1) is 0 Å². The minimum atomic E-state index is -5.05. The Labute approximate surface area is 174 Å². The lowest BCUT2D eigenvalue weighted by Gasteiger charge is -2.29. The maximum atomic E-state index is 14.0. The molecule has 1 atom stereocenters. The predicted octanol–water partition coefficient (Wildman–Crippen LogP) is 6.29. The smallest absolute Gasteiger partial charge is 0.435 e. The molecule has 0 radical (unpaired) electrons. The van der Waals surface area contributed by atoms with Crippen LogP contribution in [0.1, 0.15) is 33.5 Å². The summed E-state index contributed by atoms with van der Waals surface area (Å²) in [7, 11) is 0. The fourth-order valence-electron chi connectivity index (χ4n) is 2.99. The molecular formula is C18H9Cl2F6NO3. The van der Waals surface area contributed by atoms with Crippen LogP contribution in [-0.2, 0) is 16.6 Å². The molecule has 0 saturated carbocycles. The second-order valence-electron chi connectivity index (χ2n) is 6.35. The van der Waals surface area contributed by atoms with Crippen LogP contribution in [0.4, 0.5) is 26.3 Å². The molecule has 0 amide bonds. The summed E-state index contributed by atoms with van der Waals surface area (Å²) in [5, 5.41) is 12.1. The van der Waals surface area contributed by atoms with E-state index in [1.54, 1.807) is 0 Å². The van der Waals surface area contributed by atoms with Gasteiger partial charge in [0.05, 0.1) is 16.8 Å². The van der Waals surface area contributed by atoms with Gasteiger partial charge in [-0.3, -0.25) is 0 Å². The third-order valence-electron chi connectivity index (χ3n) is 4.40. The quantitative estimate of drug-likeness (QED) is 0.535. The third kappa shape index (κ3) is 3.93. The zero-order chi connectivity index (χ0) is 22.5. The van der Waals surface area contributed by atoms with Crippen LogP contribution in [0.5, 0.6) is 0 Å². The van der Waals surface area contributed by atoms with Crippen molar-refractivity contribution in [2.24, 2.45) is 5.16 Å². The molecule has 0 aliphatic carbocycles. The van der Waals surface area contributed by atoms with E-state index < -0.39 is 52.7 Å². The van der Waals surface area contributed by atoms with E-state index in [1.807, 2.05) is 0 Å². The summed E-state index contributed by atoms with van der Waals surface area (Å²) in [5.74, 6) is -1.84. The Kier molecular flexibility index (Phi) is 5.44. The van der Waals surface area contributed by atoms with Gasteiger partial charge in [-0.25, -0.2) is 4.79 Å². The van der Waals surface area contributed by atoms with E-state index >= 15 is 0 Å². The van der Waals surface area contributed by atoms with Crippen molar-refractivity contribution in [3.63, 3.8) is 0 Å². The molecule has 160 valence electrons. The number of aromatic carboxylic acids is 1. The van der Waals surface area contributed by atoms with Crippen molar-refractivity contribution in [1.29, 1.82) is 0 Å². The molecule has 1 aliphatic rings. The number of benzene rings is 2. The number of nitrogens with zero attached hydrogens (tertiary/aromatic N) is 1. The highest BCUT2D eigenvalue weighted by molar-refractivity contribution is 6.34. The van der Waals surface area contributed by atoms with Gasteiger partial charge in [0.2, 0.25) is 0 Å². The minimum Gasteiger partial charge on any atom is -0.478 e. The first-order valence-corrected chi connectivity index (χ1v) is 8.73. The molecule has 30 heavy (non-hydrogen) atoms. The highest BCUT2D eigenvalue weighted by Gasteiger charge is 2.62. The Hall–Kier alpha value is -2.46. The SMILES string of the molecule is O=C(O)c1ccc(C2=NO[C@@](c3cc(Cl)cc(Cl)c3)(C(F)(F)F)C2)cc1C(F)(F)F. The van der Waals surface area contributed by atoms with Crippen LogP contribution in [0.15, 0.2) is 41.6 Å². The molecule has 0 bridgehead atoms. The Morgan fingerprint density at radius 2 is 1.63 bits per heavy atom. The fourth-order valence-corrected chi connectivity index (χ4v) is 3.52. The molecule has 2 aromatic rings. The van der Waals surface area contributed by atoms with Crippen LogP contribution >= 0.6 is 23.2 Å². The molecule has 0 fully saturated rings. The van der Waals surface area contributed by atoms with Crippen molar-refractivity contribution in [3.05, 3.63) is 68.7 Å². The molecule has 0 spiro atoms. The van der Waals surface area contributed by atoms with E-state index in [0.29, 0.717) is 12.1 Å². The molecule has 1 N–H and O–H groups in total. The van der Waals surface area contributed by atoms with Crippen LogP contribution in [0.2, 0.25) is 10.0 Å². The number of alkyl halides is 6. The van der Waals surface area contributed by atoms with Gasteiger partial charge in [0.15, 0.2) is 0 Å². The third-order valence-corrected chi connectivity index (χ3v) is 4.84. The van der Waals surface area contributed by atoms with Gasteiger partial charge in [0.25, 0.3) is 5.60 Å². The largest absolute Gasteiger partial charge is 0.478 e. The van der Waals surface area contributed by atoms with Crippen LogP contribution in [-0.4, -0.2) is 23.0 Å². The van der Waals surface area contributed by atoms with Gasteiger partial charge < -0.3 is 9.94 Å². The Bertz CT molecular complexity index is 1030. The number of hydrogen-bond acceptors (Lipinski definition) is 3. The van der Waals surface area contributed by atoms with Gasteiger partial charge in [-0.15, -0.1) is 0 Å². The fraction of sp³-hybridized carbons (Fsp3) is 0.222. The van der Waals surface area contributed by atoms with Gasteiger partial charge in [-0.2, -0.15) is 26.3 Å². The molecule has 2 aromatic carbocycles. The average Bonchev–Trinajstić information content (AvgIpc) is 3.06. The monoisotopic (exact) mass is 471 g/mol. The number of oxime groups is 1. The maximum absolute atomic E-state index is 14.0. The highest BCUT2D eigenvalue weighted by Crippen LogP contribution is 2.50. The second kappa shape index (κ2) is 7.35. The van der Waals surface area contributed by atoms with Crippen molar-refractivity contribution in [2.75, 3.05) is 0 Å². The van der Waals surface area contributed by atoms with Crippen LogP contribution in [0.3, 0.4) is 0 Å². The molecule has 12 heteroatoms. The minimum absolute atomic E-state index is 0.108. The Morgan fingerprint density at radius 1 is 1.03 bits per heavy atom. The number of halogens is 8. The molecule has 0 aromatic heterocycles. The zero-order valence-electron chi connectivity index (χ0n) is 14.4. The standard InChI is InChI=1S/C18H9Cl2F6NO3/c19-10-4-9(5-11(20)6-10)16(18(24,25)26)7-14(27-30-16)8-1-2-12(15(28)29)13(3-8)17(21,22)23/h1-6H,7H2,(H,28,29)/t16-/m0/s1. The van der Waals surface area contributed by atoms with Gasteiger partial charge >= 0.3 is 18.3 Å². The molecule has 1 heterocycles. The predicted molar refractivity (Wildman–Crippen MR) is 94.8 cm³/mol. The summed E-state index contributed by atoms with van der Waals surface area (Å²) in [5.41, 5.74) is -6.90. The summed E-state index contributed by atoms with van der Waals surface area (Å²) in [6, 6.07) is 5.13. The van der Waals surface area contributed by atoms with E-state index in [-0.39, 0.29) is 15.6 Å². The number of hydrogen-bond donors (Lipinski definition) is 1. The van der Waals surface area contributed by atoms with Crippen molar-refractivity contribution < 1.29 is 41.1 Å². The maximum Gasteiger partial charge on any atom is 0.435 e. The first-order valence-electron chi connectivity index (χ1n) is 7.98. The Morgan fingerprint density at radius 3 is 2.13 bits per heavy atom. The van der Waals surface area contributed by atoms with Crippen molar-refractivity contribution in [3.8, 4) is 0 Å². The molecule has 3 rings (SSSR count). The molecule has 4 nitrogen and oxygen atoms in total. The van der Waals surface area contributed by atoms with Crippen LogP contribution in [0.25, 0.3) is 0 Å². The van der Waals surface area contributed by atoms with E-state index in [9.17, 15) is 31.1 Å². The molecule has 0 unspecified atom stereocenters. The van der Waals surface area contributed by atoms with E-state index in [1.165, 1.54) is 6.07 Å². The normalized spacial score (nSPS) is 19.4. The van der Waals surface area contributed by atoms with Crippen molar-refractivity contribution in [1.82, 2.24) is 0 Å². The van der Waals surface area contributed by atoms with Crippen molar-refractivity contribution >= 4 is 34.9 Å². The van der Waals surface area contributed by atoms with Gasteiger partial charge in [-0.05, 0) is 30.3 Å². The first-order chi connectivity index (χ1) is 13.7. The second-order valence-corrected chi connectivity index (χ2v) is 7.23. The van der Waals surface area contributed by atoms with Gasteiger partial charge in [0.1, 0.15) is 0 Å². The lowest BCUT2D eigenvalue weighted by molar-refractivity contribution is -0.275. The average molecular weight is 472 g/mol.